The second kappa shape index (κ2) is 4.05. The Bertz CT molecular complexity index is 470. The number of nitrogens with one attached hydrogen (secondary N) is 2. The number of anilines is 1. The molecule has 0 spiro atoms. The number of hydrogen-bond donors (Lipinski definition) is 2. The SMILES string of the molecule is O=C(Nc1cccnc1Cl)c1ncn[nH]1. The molecule has 15 heavy (non-hydrogen) atoms. The van der Waals surface area contributed by atoms with Crippen LogP contribution >= 0.6 is 11.6 Å². The zero-order chi connectivity index (χ0) is 10.7. The normalized spacial score (nSPS) is 9.93. The van der Waals surface area contributed by atoms with E-state index in [1.165, 1.54) is 12.5 Å². The molecule has 0 fully saturated rings. The van der Waals surface area contributed by atoms with Gasteiger partial charge in [-0.15, -0.1) is 0 Å². The quantitative estimate of drug-likeness (QED) is 0.747. The lowest BCUT2D eigenvalue weighted by Gasteiger charge is -2.03. The van der Waals surface area contributed by atoms with E-state index in [0.717, 1.165) is 0 Å². The zero-order valence-electron chi connectivity index (χ0n) is 7.44. The lowest BCUT2D eigenvalue weighted by Crippen LogP contribution is -2.14. The third-order valence-electron chi connectivity index (χ3n) is 1.64. The third-order valence-corrected chi connectivity index (χ3v) is 1.94. The van der Waals surface area contributed by atoms with Gasteiger partial charge in [-0.1, -0.05) is 11.6 Å². The van der Waals surface area contributed by atoms with Crippen molar-refractivity contribution in [3.63, 3.8) is 0 Å². The molecule has 2 rings (SSSR count). The largest absolute Gasteiger partial charge is 0.317 e. The van der Waals surface area contributed by atoms with Crippen molar-refractivity contribution in [2.45, 2.75) is 0 Å². The first kappa shape index (κ1) is 9.60. The Hall–Kier alpha value is -1.95. The molecule has 0 aliphatic rings. The summed E-state index contributed by atoms with van der Waals surface area (Å²) in [6, 6.07) is 3.31. The van der Waals surface area contributed by atoms with Crippen molar-refractivity contribution in [1.82, 2.24) is 20.2 Å². The number of amides is 1. The number of carbonyl (C=O) groups excluding carboxylic acids is 1. The molecule has 76 valence electrons. The molecule has 0 saturated carbocycles. The standard InChI is InChI=1S/C8H6ClN5O/c9-6-5(2-1-3-10-6)13-8(15)7-11-4-12-14-7/h1-4H,(H,13,15)(H,11,12,14). The minimum absolute atomic E-state index is 0.120. The second-order valence-electron chi connectivity index (χ2n) is 2.63. The topological polar surface area (TPSA) is 83.6 Å². The number of pyridine rings is 1. The van der Waals surface area contributed by atoms with Gasteiger partial charge in [0.05, 0.1) is 5.69 Å². The van der Waals surface area contributed by atoms with Crippen molar-refractivity contribution < 1.29 is 4.79 Å². The lowest BCUT2D eigenvalue weighted by atomic mass is 10.4. The van der Waals surface area contributed by atoms with Crippen LogP contribution in [-0.2, 0) is 0 Å². The summed E-state index contributed by atoms with van der Waals surface area (Å²) in [7, 11) is 0. The van der Waals surface area contributed by atoms with Crippen molar-refractivity contribution >= 4 is 23.2 Å². The lowest BCUT2D eigenvalue weighted by molar-refractivity contribution is 0.101. The average molecular weight is 224 g/mol. The van der Waals surface area contributed by atoms with E-state index in [1.807, 2.05) is 0 Å². The van der Waals surface area contributed by atoms with E-state index in [4.69, 9.17) is 11.6 Å². The molecule has 0 aliphatic heterocycles. The predicted octanol–water partition coefficient (Wildman–Crippen LogP) is 1.11. The van der Waals surface area contributed by atoms with Crippen molar-refractivity contribution in [2.24, 2.45) is 0 Å². The highest BCUT2D eigenvalue weighted by Gasteiger charge is 2.10. The van der Waals surface area contributed by atoms with Gasteiger partial charge < -0.3 is 5.32 Å². The highest BCUT2D eigenvalue weighted by Crippen LogP contribution is 2.17. The molecular formula is C8H6ClN5O. The molecule has 0 unspecified atom stereocenters. The Morgan fingerprint density at radius 2 is 2.33 bits per heavy atom. The van der Waals surface area contributed by atoms with Gasteiger partial charge in [-0.05, 0) is 12.1 Å². The number of halogens is 1. The smallest absolute Gasteiger partial charge is 0.293 e. The van der Waals surface area contributed by atoms with E-state index < -0.39 is 5.91 Å². The number of rotatable bonds is 2. The van der Waals surface area contributed by atoms with Crippen molar-refractivity contribution in [3.05, 3.63) is 35.6 Å². The Kier molecular flexibility index (Phi) is 2.59. The molecule has 2 aromatic rings. The number of H-pyrrole nitrogens is 1. The van der Waals surface area contributed by atoms with Crippen LogP contribution in [0.1, 0.15) is 10.6 Å². The van der Waals surface area contributed by atoms with Gasteiger partial charge in [-0.2, -0.15) is 5.10 Å². The minimum Gasteiger partial charge on any atom is -0.317 e. The molecule has 0 aromatic carbocycles. The molecule has 0 saturated heterocycles. The summed E-state index contributed by atoms with van der Waals surface area (Å²) in [6.45, 7) is 0. The van der Waals surface area contributed by atoms with Gasteiger partial charge in [-0.3, -0.25) is 9.89 Å². The number of carbonyl (C=O) groups is 1. The van der Waals surface area contributed by atoms with E-state index in [9.17, 15) is 4.79 Å². The van der Waals surface area contributed by atoms with E-state index in [0.29, 0.717) is 5.69 Å². The Labute approximate surface area is 89.7 Å². The van der Waals surface area contributed by atoms with Gasteiger partial charge in [0, 0.05) is 6.20 Å². The average Bonchev–Trinajstić information content (AvgIpc) is 2.74. The van der Waals surface area contributed by atoms with Gasteiger partial charge in [0.2, 0.25) is 5.82 Å². The monoisotopic (exact) mass is 223 g/mol. The molecule has 7 heteroatoms. The molecule has 2 N–H and O–H groups in total. The van der Waals surface area contributed by atoms with Gasteiger partial charge in [0.25, 0.3) is 5.91 Å². The van der Waals surface area contributed by atoms with E-state index >= 15 is 0 Å². The summed E-state index contributed by atoms with van der Waals surface area (Å²) >= 11 is 5.76. The molecule has 0 atom stereocenters. The van der Waals surface area contributed by atoms with Crippen LogP contribution in [0.5, 0.6) is 0 Å². The molecular weight excluding hydrogens is 218 g/mol. The van der Waals surface area contributed by atoms with E-state index in [1.54, 1.807) is 12.1 Å². The van der Waals surface area contributed by atoms with Crippen LogP contribution in [0.4, 0.5) is 5.69 Å². The fraction of sp³-hybridized carbons (Fsp3) is 0. The highest BCUT2D eigenvalue weighted by atomic mass is 35.5. The molecule has 2 aromatic heterocycles. The summed E-state index contributed by atoms with van der Waals surface area (Å²) in [6.07, 6.45) is 2.78. The molecule has 0 radical (unpaired) electrons. The van der Waals surface area contributed by atoms with E-state index in [2.05, 4.69) is 25.5 Å². The van der Waals surface area contributed by atoms with Gasteiger partial charge in [-0.25, -0.2) is 9.97 Å². The zero-order valence-corrected chi connectivity index (χ0v) is 8.19. The first-order valence-corrected chi connectivity index (χ1v) is 4.42. The number of aromatic nitrogens is 4. The van der Waals surface area contributed by atoms with Crippen LogP contribution in [0.15, 0.2) is 24.7 Å². The molecule has 0 bridgehead atoms. The molecule has 1 amide bonds. The van der Waals surface area contributed by atoms with Crippen LogP contribution in [0.3, 0.4) is 0 Å². The summed E-state index contributed by atoms with van der Waals surface area (Å²) in [4.78, 5) is 19.0. The van der Waals surface area contributed by atoms with Crippen molar-refractivity contribution in [3.8, 4) is 0 Å². The maximum Gasteiger partial charge on any atom is 0.293 e. The highest BCUT2D eigenvalue weighted by molar-refractivity contribution is 6.32. The minimum atomic E-state index is -0.414. The van der Waals surface area contributed by atoms with E-state index in [-0.39, 0.29) is 11.0 Å². The number of nitrogens with zero attached hydrogens (tertiary/aromatic N) is 3. The second-order valence-corrected chi connectivity index (χ2v) is 2.99. The molecule has 6 nitrogen and oxygen atoms in total. The fourth-order valence-corrected chi connectivity index (χ4v) is 1.14. The fourth-order valence-electron chi connectivity index (χ4n) is 0.976. The van der Waals surface area contributed by atoms with Gasteiger partial charge >= 0.3 is 0 Å². The molecule has 0 aliphatic carbocycles. The predicted molar refractivity (Wildman–Crippen MR) is 53.6 cm³/mol. The van der Waals surface area contributed by atoms with Gasteiger partial charge in [0.1, 0.15) is 6.33 Å². The Balaban J connectivity index is 2.17. The van der Waals surface area contributed by atoms with Crippen LogP contribution in [0, 0.1) is 0 Å². The van der Waals surface area contributed by atoms with Crippen LogP contribution in [-0.4, -0.2) is 26.1 Å². The summed E-state index contributed by atoms with van der Waals surface area (Å²) in [5.41, 5.74) is 0.431. The first-order chi connectivity index (χ1) is 7.27. The number of aromatic amines is 1. The van der Waals surface area contributed by atoms with Crippen molar-refractivity contribution in [2.75, 3.05) is 5.32 Å². The van der Waals surface area contributed by atoms with Gasteiger partial charge in [0.15, 0.2) is 5.15 Å². The maximum atomic E-state index is 11.5. The maximum absolute atomic E-state index is 11.5. The van der Waals surface area contributed by atoms with Crippen molar-refractivity contribution in [1.29, 1.82) is 0 Å². The first-order valence-electron chi connectivity index (χ1n) is 4.04. The Morgan fingerprint density at radius 1 is 1.47 bits per heavy atom. The third kappa shape index (κ3) is 2.10. The Morgan fingerprint density at radius 3 is 3.00 bits per heavy atom. The van der Waals surface area contributed by atoms with Crippen LogP contribution < -0.4 is 5.32 Å². The molecule has 2 heterocycles. The van der Waals surface area contributed by atoms with Crippen LogP contribution in [0.2, 0.25) is 5.15 Å². The summed E-state index contributed by atoms with van der Waals surface area (Å²) < 4.78 is 0. The number of hydrogen-bond acceptors (Lipinski definition) is 4. The summed E-state index contributed by atoms with van der Waals surface area (Å²) in [5, 5.41) is 8.77. The van der Waals surface area contributed by atoms with Crippen LogP contribution in [0.25, 0.3) is 0 Å². The summed E-state index contributed by atoms with van der Waals surface area (Å²) in [5.74, 6) is -0.294.